The normalized spacial score (nSPS) is 10.8. The summed E-state index contributed by atoms with van der Waals surface area (Å²) in [5.74, 6) is 0. The lowest BCUT2D eigenvalue weighted by atomic mass is 10.1. The van der Waals surface area contributed by atoms with E-state index in [1.54, 1.807) is 12.2 Å². The van der Waals surface area contributed by atoms with Crippen molar-refractivity contribution in [3.63, 3.8) is 0 Å². The van der Waals surface area contributed by atoms with E-state index in [9.17, 15) is 0 Å². The molecule has 0 aromatic carbocycles. The van der Waals surface area contributed by atoms with Gasteiger partial charge >= 0.3 is 0 Å². The van der Waals surface area contributed by atoms with Crippen LogP contribution < -0.4 is 0 Å². The van der Waals surface area contributed by atoms with E-state index in [1.807, 2.05) is 6.08 Å². The van der Waals surface area contributed by atoms with Crippen molar-refractivity contribution in [2.45, 2.75) is 117 Å². The fraction of sp³-hybridized carbons (Fsp3) is 0.750. The smallest absolute Gasteiger partial charge is 0.0751 e. The van der Waals surface area contributed by atoms with Gasteiger partial charge in [-0.2, -0.15) is 0 Å². The Balaban J connectivity index is -0.000000322. The monoisotopic (exact) mass is 384 g/mol. The Hall–Kier alpha value is -1.38. The lowest BCUT2D eigenvalue weighted by molar-refractivity contribution is 0.469. The van der Waals surface area contributed by atoms with E-state index in [0.717, 1.165) is 38.0 Å². The number of aliphatic hydroxyl groups excluding tert-OH is 3. The molecule has 27 heavy (non-hydrogen) atoms. The van der Waals surface area contributed by atoms with E-state index in [2.05, 4.69) is 20.8 Å². The minimum atomic E-state index is 1.02. The first kappa shape index (κ1) is 30.4. The van der Waals surface area contributed by atoms with E-state index < -0.39 is 0 Å². The largest absolute Gasteiger partial charge is 0.516 e. The fourth-order valence-electron chi connectivity index (χ4n) is 2.29. The molecule has 0 aromatic rings. The number of hydrogen-bond donors (Lipinski definition) is 3. The predicted octanol–water partition coefficient (Wildman–Crippen LogP) is 9.09. The highest BCUT2D eigenvalue weighted by Gasteiger charge is 1.85. The van der Waals surface area contributed by atoms with Crippen molar-refractivity contribution >= 4 is 0 Å². The number of allylic oxidation sites excluding steroid dienone is 3. The molecule has 0 spiro atoms. The molecule has 0 aromatic heterocycles. The van der Waals surface area contributed by atoms with E-state index in [-0.39, 0.29) is 0 Å². The van der Waals surface area contributed by atoms with Crippen molar-refractivity contribution in [1.29, 1.82) is 0 Å². The van der Waals surface area contributed by atoms with Gasteiger partial charge in [-0.25, -0.2) is 0 Å². The first-order valence-corrected chi connectivity index (χ1v) is 11.1. The molecular weight excluding hydrogens is 336 g/mol. The third-order valence-corrected chi connectivity index (χ3v) is 3.99. The van der Waals surface area contributed by atoms with Gasteiger partial charge < -0.3 is 15.3 Å². The fourth-order valence-corrected chi connectivity index (χ4v) is 2.29. The zero-order chi connectivity index (χ0) is 20.8. The lowest BCUT2D eigenvalue weighted by Crippen LogP contribution is -1.75. The second kappa shape index (κ2) is 35.7. The number of hydrogen-bond acceptors (Lipinski definition) is 3. The zero-order valence-electron chi connectivity index (χ0n) is 18.4. The Morgan fingerprint density at radius 2 is 0.667 bits per heavy atom. The van der Waals surface area contributed by atoms with Gasteiger partial charge in [-0.05, 0) is 38.5 Å². The van der Waals surface area contributed by atoms with Gasteiger partial charge in [-0.3, -0.25) is 0 Å². The highest BCUT2D eigenvalue weighted by molar-refractivity contribution is 4.71. The van der Waals surface area contributed by atoms with Crippen LogP contribution in [0.15, 0.2) is 37.0 Å². The molecule has 3 nitrogen and oxygen atoms in total. The highest BCUT2D eigenvalue weighted by atomic mass is 16.2. The summed E-state index contributed by atoms with van der Waals surface area (Å²) in [5.41, 5.74) is 0. The van der Waals surface area contributed by atoms with Crippen LogP contribution in [0.3, 0.4) is 0 Å². The lowest BCUT2D eigenvalue weighted by Gasteiger charge is -1.94. The van der Waals surface area contributed by atoms with E-state index in [0.29, 0.717) is 0 Å². The maximum absolute atomic E-state index is 8.29. The second-order valence-corrected chi connectivity index (χ2v) is 6.70. The summed E-state index contributed by atoms with van der Waals surface area (Å²) in [7, 11) is 0. The van der Waals surface area contributed by atoms with E-state index >= 15 is 0 Å². The van der Waals surface area contributed by atoms with Gasteiger partial charge in [0, 0.05) is 0 Å². The summed E-state index contributed by atoms with van der Waals surface area (Å²) in [6.07, 6.45) is 27.2. The Morgan fingerprint density at radius 1 is 0.407 bits per heavy atom. The molecule has 0 aliphatic carbocycles. The van der Waals surface area contributed by atoms with Crippen LogP contribution in [0.1, 0.15) is 117 Å². The summed E-state index contributed by atoms with van der Waals surface area (Å²) in [6.45, 7) is 6.58. The topological polar surface area (TPSA) is 60.7 Å². The van der Waals surface area contributed by atoms with Crippen LogP contribution in [-0.4, -0.2) is 15.3 Å². The summed E-state index contributed by atoms with van der Waals surface area (Å²) >= 11 is 0. The molecule has 162 valence electrons. The molecule has 0 saturated heterocycles. The molecule has 0 bridgehead atoms. The molecule has 0 atom stereocenters. The van der Waals surface area contributed by atoms with Crippen LogP contribution in [0.2, 0.25) is 0 Å². The van der Waals surface area contributed by atoms with Crippen molar-refractivity contribution in [1.82, 2.24) is 0 Å². The van der Waals surface area contributed by atoms with Crippen LogP contribution in [-0.2, 0) is 0 Å². The van der Waals surface area contributed by atoms with Crippen LogP contribution in [0.5, 0.6) is 0 Å². The first-order valence-electron chi connectivity index (χ1n) is 11.1. The molecule has 0 aliphatic heterocycles. The van der Waals surface area contributed by atoms with Gasteiger partial charge in [0.15, 0.2) is 0 Å². The Morgan fingerprint density at radius 3 is 1.00 bits per heavy atom. The summed E-state index contributed by atoms with van der Waals surface area (Å²) in [4.78, 5) is 0. The number of aliphatic hydroxyl groups is 3. The molecule has 0 unspecified atom stereocenters. The van der Waals surface area contributed by atoms with Crippen molar-refractivity contribution < 1.29 is 15.3 Å². The molecule has 3 N–H and O–H groups in total. The molecule has 0 radical (unpaired) electrons. The van der Waals surface area contributed by atoms with Crippen LogP contribution >= 0.6 is 0 Å². The van der Waals surface area contributed by atoms with Gasteiger partial charge in [0.1, 0.15) is 0 Å². The summed E-state index contributed by atoms with van der Waals surface area (Å²) < 4.78 is 0. The quantitative estimate of drug-likeness (QED) is 0.195. The van der Waals surface area contributed by atoms with Crippen molar-refractivity contribution in [3.8, 4) is 0 Å². The van der Waals surface area contributed by atoms with Crippen molar-refractivity contribution in [2.75, 3.05) is 0 Å². The molecular formula is C24H48O3. The molecule has 0 rings (SSSR count). The summed E-state index contributed by atoms with van der Waals surface area (Å²) in [6, 6.07) is 0. The maximum Gasteiger partial charge on any atom is 0.0751 e. The Kier molecular flexibility index (Phi) is 40.1. The van der Waals surface area contributed by atoms with Crippen LogP contribution in [0.25, 0.3) is 0 Å². The molecule has 0 heterocycles. The third-order valence-electron chi connectivity index (χ3n) is 3.99. The summed E-state index contributed by atoms with van der Waals surface area (Å²) in [5, 5.41) is 24.7. The molecule has 0 aliphatic rings. The highest BCUT2D eigenvalue weighted by Crippen LogP contribution is 2.04. The maximum atomic E-state index is 8.29. The van der Waals surface area contributed by atoms with E-state index in [1.165, 1.54) is 77.0 Å². The SMILES string of the molecule is CCCCCC=CO.CCCCCCC=CO.CCCCCCCC=CO. The predicted molar refractivity (Wildman–Crippen MR) is 122 cm³/mol. The molecule has 3 heteroatoms. The van der Waals surface area contributed by atoms with Gasteiger partial charge in [-0.1, -0.05) is 96.8 Å². The molecule has 0 saturated carbocycles. The van der Waals surface area contributed by atoms with Crippen LogP contribution in [0.4, 0.5) is 0 Å². The first-order chi connectivity index (χ1) is 13.2. The third kappa shape index (κ3) is 45.6. The van der Waals surface area contributed by atoms with Gasteiger partial charge in [0.2, 0.25) is 0 Å². The minimum Gasteiger partial charge on any atom is -0.516 e. The Labute approximate surface area is 169 Å². The standard InChI is InChI=1S/C9H18O.C8H16O.C7H14O/c1-2-3-4-5-6-7-8-9-10;1-2-3-4-5-6-7-8-9;1-2-3-4-5-6-7-8/h8-10H,2-7H2,1H3;7-9H,2-6H2,1H3;6-8H,2-5H2,1H3. The van der Waals surface area contributed by atoms with E-state index in [4.69, 9.17) is 15.3 Å². The van der Waals surface area contributed by atoms with Gasteiger partial charge in [0.25, 0.3) is 0 Å². The number of unbranched alkanes of at least 4 members (excludes halogenated alkanes) is 12. The average Bonchev–Trinajstić information content (AvgIpc) is 2.69. The van der Waals surface area contributed by atoms with Crippen molar-refractivity contribution in [3.05, 3.63) is 37.0 Å². The molecule has 0 amide bonds. The average molecular weight is 385 g/mol. The zero-order valence-corrected chi connectivity index (χ0v) is 18.4. The van der Waals surface area contributed by atoms with Crippen molar-refractivity contribution in [2.24, 2.45) is 0 Å². The van der Waals surface area contributed by atoms with Crippen LogP contribution in [0, 0.1) is 0 Å². The minimum absolute atomic E-state index is 1.02. The molecule has 0 fully saturated rings. The second-order valence-electron chi connectivity index (χ2n) is 6.70. The van der Waals surface area contributed by atoms with Gasteiger partial charge in [-0.15, -0.1) is 0 Å². The van der Waals surface area contributed by atoms with Gasteiger partial charge in [0.05, 0.1) is 18.8 Å². The number of rotatable bonds is 15. The Bertz CT molecular complexity index is 296.